The molecule has 1 heterocycles. The molecule has 2 aromatic carbocycles. The summed E-state index contributed by atoms with van der Waals surface area (Å²) >= 11 is 0. The Morgan fingerprint density at radius 1 is 1.10 bits per heavy atom. The highest BCUT2D eigenvalue weighted by molar-refractivity contribution is 6.10. The van der Waals surface area contributed by atoms with Gasteiger partial charge in [-0.3, -0.25) is 4.79 Å². The van der Waals surface area contributed by atoms with Crippen molar-refractivity contribution in [3.8, 4) is 11.8 Å². The second-order valence-electron chi connectivity index (χ2n) is 7.01. The number of amides is 1. The van der Waals surface area contributed by atoms with Gasteiger partial charge in [0.05, 0.1) is 0 Å². The van der Waals surface area contributed by atoms with Crippen molar-refractivity contribution in [2.75, 3.05) is 5.32 Å². The number of hydrogen-bond acceptors (Lipinski definition) is 2. The molecular weight excluding hydrogens is 365 g/mol. The predicted octanol–water partition coefficient (Wildman–Crippen LogP) is 5.40. The van der Waals surface area contributed by atoms with Crippen LogP contribution in [0.5, 0.6) is 0 Å². The molecule has 4 nitrogen and oxygen atoms in total. The molecule has 0 bridgehead atoms. The van der Waals surface area contributed by atoms with Crippen LogP contribution in [0.15, 0.2) is 54.1 Å². The molecule has 0 radical (unpaired) electrons. The summed E-state index contributed by atoms with van der Waals surface area (Å²) in [5.41, 5.74) is 6.10. The van der Waals surface area contributed by atoms with Gasteiger partial charge in [0.25, 0.3) is 5.91 Å². The molecule has 0 saturated carbocycles. The predicted molar refractivity (Wildman–Crippen MR) is 113 cm³/mol. The van der Waals surface area contributed by atoms with Crippen molar-refractivity contribution < 1.29 is 9.18 Å². The van der Waals surface area contributed by atoms with Gasteiger partial charge in [-0.25, -0.2) is 4.39 Å². The molecule has 0 fully saturated rings. The zero-order chi connectivity index (χ0) is 21.1. The molecular formula is C24H22FN3O. The number of benzene rings is 2. The minimum atomic E-state index is -0.451. The molecule has 0 aliphatic carbocycles. The lowest BCUT2D eigenvalue weighted by atomic mass is 10.1. The third-order valence-electron chi connectivity index (χ3n) is 5.07. The fraction of sp³-hybridized carbons (Fsp3) is 0.167. The number of halogens is 1. The van der Waals surface area contributed by atoms with Gasteiger partial charge in [0.15, 0.2) is 0 Å². The van der Waals surface area contributed by atoms with E-state index in [-0.39, 0.29) is 11.4 Å². The van der Waals surface area contributed by atoms with Gasteiger partial charge in [-0.2, -0.15) is 5.26 Å². The molecule has 1 aromatic heterocycles. The van der Waals surface area contributed by atoms with Crippen LogP contribution in [-0.4, -0.2) is 10.5 Å². The Morgan fingerprint density at radius 3 is 2.45 bits per heavy atom. The van der Waals surface area contributed by atoms with E-state index in [1.54, 1.807) is 18.2 Å². The van der Waals surface area contributed by atoms with Crippen molar-refractivity contribution in [3.05, 3.63) is 88.0 Å². The van der Waals surface area contributed by atoms with Crippen molar-refractivity contribution in [1.29, 1.82) is 5.26 Å². The number of carbonyl (C=O) groups is 1. The zero-order valence-electron chi connectivity index (χ0n) is 16.9. The molecule has 3 rings (SSSR count). The number of nitriles is 1. The average Bonchev–Trinajstić information content (AvgIpc) is 2.97. The van der Waals surface area contributed by atoms with Gasteiger partial charge in [0.2, 0.25) is 0 Å². The number of nitrogens with zero attached hydrogens (tertiary/aromatic N) is 2. The van der Waals surface area contributed by atoms with E-state index in [0.717, 1.165) is 33.8 Å². The maximum Gasteiger partial charge on any atom is 0.266 e. The normalized spacial score (nSPS) is 11.2. The lowest BCUT2D eigenvalue weighted by molar-refractivity contribution is -0.112. The van der Waals surface area contributed by atoms with Gasteiger partial charge >= 0.3 is 0 Å². The van der Waals surface area contributed by atoms with E-state index in [1.165, 1.54) is 12.1 Å². The van der Waals surface area contributed by atoms with Gasteiger partial charge in [0, 0.05) is 22.8 Å². The fourth-order valence-corrected chi connectivity index (χ4v) is 3.30. The first-order valence-corrected chi connectivity index (χ1v) is 9.26. The second-order valence-corrected chi connectivity index (χ2v) is 7.01. The Bertz CT molecular complexity index is 1150. The van der Waals surface area contributed by atoms with E-state index in [4.69, 9.17) is 0 Å². The Morgan fingerprint density at radius 2 is 1.79 bits per heavy atom. The lowest BCUT2D eigenvalue weighted by Crippen LogP contribution is -2.14. The largest absolute Gasteiger partial charge is 0.321 e. The smallest absolute Gasteiger partial charge is 0.266 e. The monoisotopic (exact) mass is 387 g/mol. The van der Waals surface area contributed by atoms with Crippen LogP contribution in [0.25, 0.3) is 11.8 Å². The van der Waals surface area contributed by atoms with Crippen LogP contribution in [0.2, 0.25) is 0 Å². The van der Waals surface area contributed by atoms with Gasteiger partial charge in [-0.15, -0.1) is 0 Å². The van der Waals surface area contributed by atoms with E-state index in [1.807, 2.05) is 62.6 Å². The first-order valence-electron chi connectivity index (χ1n) is 9.26. The second kappa shape index (κ2) is 8.15. The lowest BCUT2D eigenvalue weighted by Gasteiger charge is -2.10. The Hall–Kier alpha value is -3.65. The quantitative estimate of drug-likeness (QED) is 0.482. The molecule has 0 unspecified atom stereocenters. The summed E-state index contributed by atoms with van der Waals surface area (Å²) in [6.45, 7) is 7.73. The highest BCUT2D eigenvalue weighted by Gasteiger charge is 2.15. The summed E-state index contributed by atoms with van der Waals surface area (Å²) in [7, 11) is 0. The van der Waals surface area contributed by atoms with Crippen LogP contribution in [0, 0.1) is 44.8 Å². The Kier molecular flexibility index (Phi) is 5.65. The maximum absolute atomic E-state index is 13.2. The van der Waals surface area contributed by atoms with Crippen LogP contribution in [0.3, 0.4) is 0 Å². The van der Waals surface area contributed by atoms with E-state index in [2.05, 4.69) is 5.32 Å². The molecule has 0 aliphatic heterocycles. The van der Waals surface area contributed by atoms with Gasteiger partial charge < -0.3 is 9.88 Å². The zero-order valence-corrected chi connectivity index (χ0v) is 16.9. The van der Waals surface area contributed by atoms with Crippen molar-refractivity contribution in [1.82, 2.24) is 4.57 Å². The van der Waals surface area contributed by atoms with Gasteiger partial charge in [0.1, 0.15) is 17.5 Å². The standard InChI is InChI=1S/C24H22FN3O/c1-15-6-5-7-23(17(15)3)27-24(29)20(14-26)13-19-12-16(2)28(18(19)4)22-10-8-21(25)9-11-22/h5-13H,1-4H3,(H,27,29)/b20-13-. The number of rotatable bonds is 4. The molecule has 0 aliphatic rings. The fourth-order valence-electron chi connectivity index (χ4n) is 3.30. The maximum atomic E-state index is 13.2. The highest BCUT2D eigenvalue weighted by atomic mass is 19.1. The molecule has 3 aromatic rings. The molecule has 0 saturated heterocycles. The summed E-state index contributed by atoms with van der Waals surface area (Å²) in [6, 6.07) is 15.8. The summed E-state index contributed by atoms with van der Waals surface area (Å²) in [4.78, 5) is 12.7. The van der Waals surface area contributed by atoms with E-state index >= 15 is 0 Å². The topological polar surface area (TPSA) is 57.8 Å². The molecule has 1 N–H and O–H groups in total. The van der Waals surface area contributed by atoms with Crippen LogP contribution < -0.4 is 5.32 Å². The van der Waals surface area contributed by atoms with Gasteiger partial charge in [-0.05, 0) is 86.9 Å². The van der Waals surface area contributed by atoms with Crippen LogP contribution in [0.4, 0.5) is 10.1 Å². The number of hydrogen-bond donors (Lipinski definition) is 1. The number of aromatic nitrogens is 1. The minimum absolute atomic E-state index is 0.0188. The summed E-state index contributed by atoms with van der Waals surface area (Å²) in [5, 5.41) is 12.4. The molecule has 0 spiro atoms. The Labute approximate surface area is 169 Å². The summed E-state index contributed by atoms with van der Waals surface area (Å²) < 4.78 is 15.2. The molecule has 0 atom stereocenters. The van der Waals surface area contributed by atoms with Crippen molar-refractivity contribution in [2.24, 2.45) is 0 Å². The SMILES string of the molecule is Cc1cccc(NC(=O)/C(C#N)=C\c2cc(C)n(-c3ccc(F)cc3)c2C)c1C. The van der Waals surface area contributed by atoms with E-state index in [0.29, 0.717) is 5.69 Å². The Balaban J connectivity index is 1.94. The molecule has 29 heavy (non-hydrogen) atoms. The van der Waals surface area contributed by atoms with E-state index < -0.39 is 5.91 Å². The van der Waals surface area contributed by atoms with Crippen LogP contribution >= 0.6 is 0 Å². The number of anilines is 1. The third kappa shape index (κ3) is 4.12. The van der Waals surface area contributed by atoms with Crippen LogP contribution in [0.1, 0.15) is 28.1 Å². The first-order chi connectivity index (χ1) is 13.8. The minimum Gasteiger partial charge on any atom is -0.321 e. The van der Waals surface area contributed by atoms with Crippen LogP contribution in [-0.2, 0) is 4.79 Å². The van der Waals surface area contributed by atoms with Crippen molar-refractivity contribution in [2.45, 2.75) is 27.7 Å². The average molecular weight is 387 g/mol. The van der Waals surface area contributed by atoms with Crippen molar-refractivity contribution >= 4 is 17.7 Å². The van der Waals surface area contributed by atoms with Gasteiger partial charge in [-0.1, -0.05) is 12.1 Å². The highest BCUT2D eigenvalue weighted by Crippen LogP contribution is 2.24. The van der Waals surface area contributed by atoms with E-state index in [9.17, 15) is 14.4 Å². The number of carbonyl (C=O) groups excluding carboxylic acids is 1. The van der Waals surface area contributed by atoms with Crippen molar-refractivity contribution in [3.63, 3.8) is 0 Å². The molecule has 146 valence electrons. The molecule has 5 heteroatoms. The summed E-state index contributed by atoms with van der Waals surface area (Å²) in [5.74, 6) is -0.751. The summed E-state index contributed by atoms with van der Waals surface area (Å²) in [6.07, 6.45) is 1.59. The third-order valence-corrected chi connectivity index (χ3v) is 5.07. The first kappa shape index (κ1) is 20.1. The number of nitrogens with one attached hydrogen (secondary N) is 1. The molecule has 1 amide bonds. The number of aryl methyl sites for hydroxylation is 2.